The van der Waals surface area contributed by atoms with Crippen LogP contribution in [0.5, 0.6) is 0 Å². The first kappa shape index (κ1) is 17.7. The zero-order valence-corrected chi connectivity index (χ0v) is 15.2. The van der Waals surface area contributed by atoms with Crippen LogP contribution in [-0.4, -0.2) is 73.6 Å². The van der Waals surface area contributed by atoms with Gasteiger partial charge in [-0.1, -0.05) is 6.07 Å². The Kier molecular flexibility index (Phi) is 4.73. The molecule has 1 N–H and O–H groups in total. The van der Waals surface area contributed by atoms with Crippen LogP contribution in [-0.2, 0) is 4.79 Å². The number of likely N-dealkylation sites (N-methyl/N-ethyl adjacent to an activating group) is 1. The average molecular weight is 345 g/mol. The molecule has 6 nitrogen and oxygen atoms in total. The summed E-state index contributed by atoms with van der Waals surface area (Å²) in [5.41, 5.74) is 1.16. The number of aliphatic hydroxyl groups excluding tert-OH is 1. The summed E-state index contributed by atoms with van der Waals surface area (Å²) >= 11 is 0. The maximum Gasteiger partial charge on any atom is 0.253 e. The van der Waals surface area contributed by atoms with E-state index in [0.29, 0.717) is 44.5 Å². The summed E-state index contributed by atoms with van der Waals surface area (Å²) < 4.78 is 0. The summed E-state index contributed by atoms with van der Waals surface area (Å²) in [7, 11) is 5.65. The van der Waals surface area contributed by atoms with Crippen molar-refractivity contribution >= 4 is 17.5 Å². The van der Waals surface area contributed by atoms with Gasteiger partial charge in [-0.2, -0.15) is 0 Å². The van der Waals surface area contributed by atoms with E-state index in [-0.39, 0.29) is 11.8 Å². The van der Waals surface area contributed by atoms with Crippen molar-refractivity contribution in [3.8, 4) is 0 Å². The van der Waals surface area contributed by atoms with Crippen molar-refractivity contribution < 1.29 is 14.7 Å². The molecule has 1 spiro atoms. The largest absolute Gasteiger partial charge is 0.391 e. The van der Waals surface area contributed by atoms with Gasteiger partial charge in [0.25, 0.3) is 5.91 Å². The fourth-order valence-corrected chi connectivity index (χ4v) is 4.06. The molecule has 2 aliphatic heterocycles. The predicted octanol–water partition coefficient (Wildman–Crippen LogP) is 1.20. The lowest BCUT2D eigenvalue weighted by Gasteiger charge is -2.47. The summed E-state index contributed by atoms with van der Waals surface area (Å²) in [5.74, 6) is 0.121. The third-order valence-electron chi connectivity index (χ3n) is 5.53. The van der Waals surface area contributed by atoms with Crippen LogP contribution in [0.3, 0.4) is 0 Å². The quantitative estimate of drug-likeness (QED) is 0.875. The molecular weight excluding hydrogens is 318 g/mol. The molecule has 3 rings (SSSR count). The average Bonchev–Trinajstić information content (AvgIpc) is 2.60. The van der Waals surface area contributed by atoms with Crippen molar-refractivity contribution in [2.24, 2.45) is 5.41 Å². The minimum absolute atomic E-state index is 0.00992. The Morgan fingerprint density at radius 2 is 1.96 bits per heavy atom. The van der Waals surface area contributed by atoms with E-state index in [1.165, 1.54) is 0 Å². The van der Waals surface area contributed by atoms with Crippen molar-refractivity contribution in [3.05, 3.63) is 29.8 Å². The van der Waals surface area contributed by atoms with Gasteiger partial charge in [0, 0.05) is 52.0 Å². The van der Waals surface area contributed by atoms with Gasteiger partial charge < -0.3 is 19.8 Å². The van der Waals surface area contributed by atoms with Crippen LogP contribution >= 0.6 is 0 Å². The van der Waals surface area contributed by atoms with E-state index in [1.807, 2.05) is 48.2 Å². The van der Waals surface area contributed by atoms with Crippen molar-refractivity contribution in [2.45, 2.75) is 25.4 Å². The van der Waals surface area contributed by atoms with Gasteiger partial charge >= 0.3 is 0 Å². The third kappa shape index (κ3) is 3.35. The maximum atomic E-state index is 12.8. The number of carbonyl (C=O) groups is 2. The molecule has 2 fully saturated rings. The Hall–Kier alpha value is -2.08. The molecule has 1 aromatic rings. The fraction of sp³-hybridized carbons (Fsp3) is 0.579. The second kappa shape index (κ2) is 6.67. The van der Waals surface area contributed by atoms with Crippen molar-refractivity contribution in [3.63, 3.8) is 0 Å². The lowest BCUT2D eigenvalue weighted by atomic mass is 9.71. The van der Waals surface area contributed by atoms with Crippen LogP contribution in [0.25, 0.3) is 0 Å². The number of hydrogen-bond acceptors (Lipinski definition) is 4. The van der Waals surface area contributed by atoms with E-state index in [9.17, 15) is 14.7 Å². The first-order valence-electron chi connectivity index (χ1n) is 8.83. The van der Waals surface area contributed by atoms with Crippen molar-refractivity contribution in [2.75, 3.05) is 45.7 Å². The number of amides is 2. The van der Waals surface area contributed by atoms with Gasteiger partial charge in [-0.05, 0) is 37.5 Å². The summed E-state index contributed by atoms with van der Waals surface area (Å²) in [4.78, 5) is 30.9. The molecule has 0 aromatic heterocycles. The van der Waals surface area contributed by atoms with Crippen LogP contribution in [0.2, 0.25) is 0 Å². The molecule has 0 saturated carbocycles. The zero-order chi connectivity index (χ0) is 18.2. The van der Waals surface area contributed by atoms with Gasteiger partial charge in [0.1, 0.15) is 0 Å². The van der Waals surface area contributed by atoms with E-state index >= 15 is 0 Å². The summed E-state index contributed by atoms with van der Waals surface area (Å²) in [6, 6.07) is 7.60. The highest BCUT2D eigenvalue weighted by Gasteiger charge is 2.47. The zero-order valence-electron chi connectivity index (χ0n) is 15.2. The Balaban J connectivity index is 1.71. The number of nitrogens with zero attached hydrogens (tertiary/aromatic N) is 3. The highest BCUT2D eigenvalue weighted by Crippen LogP contribution is 2.40. The molecular formula is C19H27N3O3. The molecule has 2 aliphatic rings. The number of benzene rings is 1. The van der Waals surface area contributed by atoms with E-state index in [1.54, 1.807) is 11.9 Å². The molecule has 0 bridgehead atoms. The number of anilines is 1. The molecule has 0 aliphatic carbocycles. The van der Waals surface area contributed by atoms with E-state index < -0.39 is 11.5 Å². The van der Waals surface area contributed by atoms with E-state index in [0.717, 1.165) is 5.69 Å². The first-order valence-corrected chi connectivity index (χ1v) is 8.83. The number of hydrogen-bond donors (Lipinski definition) is 1. The molecule has 1 atom stereocenters. The van der Waals surface area contributed by atoms with Crippen LogP contribution < -0.4 is 4.90 Å². The highest BCUT2D eigenvalue weighted by molar-refractivity contribution is 5.95. The number of β-amino-alcohol motifs (C(OH)–C–C–N with tert-alkyl or cyclic N) is 1. The number of likely N-dealkylation sites (tertiary alicyclic amines) is 2. The Morgan fingerprint density at radius 3 is 2.60 bits per heavy atom. The number of piperidine rings is 2. The molecule has 0 radical (unpaired) electrons. The van der Waals surface area contributed by atoms with Crippen LogP contribution in [0.4, 0.5) is 5.69 Å². The van der Waals surface area contributed by atoms with Gasteiger partial charge in [-0.3, -0.25) is 9.59 Å². The SMILES string of the molecule is CN1CC(O)CC2(CCN(C(=O)c3cccc(N(C)C)c3)CC2)C1=O. The molecule has 6 heteroatoms. The van der Waals surface area contributed by atoms with Gasteiger partial charge in [0.05, 0.1) is 11.5 Å². The Morgan fingerprint density at radius 1 is 1.28 bits per heavy atom. The van der Waals surface area contributed by atoms with Crippen molar-refractivity contribution in [1.29, 1.82) is 0 Å². The van der Waals surface area contributed by atoms with Crippen LogP contribution in [0.15, 0.2) is 24.3 Å². The van der Waals surface area contributed by atoms with Gasteiger partial charge in [0.2, 0.25) is 5.91 Å². The topological polar surface area (TPSA) is 64.1 Å². The van der Waals surface area contributed by atoms with Crippen molar-refractivity contribution in [1.82, 2.24) is 9.80 Å². The fourth-order valence-electron chi connectivity index (χ4n) is 4.06. The maximum absolute atomic E-state index is 12.8. The van der Waals surface area contributed by atoms with E-state index in [4.69, 9.17) is 0 Å². The van der Waals surface area contributed by atoms with Crippen LogP contribution in [0, 0.1) is 5.41 Å². The molecule has 2 saturated heterocycles. The molecule has 1 aromatic carbocycles. The number of rotatable bonds is 2. The first-order chi connectivity index (χ1) is 11.8. The van der Waals surface area contributed by atoms with Gasteiger partial charge in [-0.15, -0.1) is 0 Å². The smallest absolute Gasteiger partial charge is 0.253 e. The molecule has 2 amide bonds. The normalized spacial score (nSPS) is 23.0. The third-order valence-corrected chi connectivity index (χ3v) is 5.53. The molecule has 136 valence electrons. The predicted molar refractivity (Wildman–Crippen MR) is 96.6 cm³/mol. The minimum Gasteiger partial charge on any atom is -0.391 e. The molecule has 1 unspecified atom stereocenters. The Bertz CT molecular complexity index is 666. The summed E-state index contributed by atoms with van der Waals surface area (Å²) in [6.07, 6.45) is 1.27. The molecule has 2 heterocycles. The van der Waals surface area contributed by atoms with Gasteiger partial charge in [0.15, 0.2) is 0 Å². The summed E-state index contributed by atoms with van der Waals surface area (Å²) in [5, 5.41) is 10.1. The van der Waals surface area contributed by atoms with Gasteiger partial charge in [-0.25, -0.2) is 0 Å². The van der Waals surface area contributed by atoms with Crippen LogP contribution in [0.1, 0.15) is 29.6 Å². The highest BCUT2D eigenvalue weighted by atomic mass is 16.3. The summed E-state index contributed by atoms with van der Waals surface area (Å²) in [6.45, 7) is 1.51. The Labute approximate surface area is 149 Å². The monoisotopic (exact) mass is 345 g/mol. The second-order valence-electron chi connectivity index (χ2n) is 7.56. The lowest BCUT2D eigenvalue weighted by molar-refractivity contribution is -0.154. The standard InChI is InChI=1S/C19H27N3O3/c1-20(2)15-6-4-5-14(11-15)17(24)22-9-7-19(8-10-22)12-16(23)13-21(3)18(19)25/h4-6,11,16,23H,7-10,12-13H2,1-3H3. The number of aliphatic hydroxyl groups is 1. The minimum atomic E-state index is -0.505. The molecule has 25 heavy (non-hydrogen) atoms. The lowest BCUT2D eigenvalue weighted by Crippen LogP contribution is -2.56. The number of carbonyl (C=O) groups excluding carboxylic acids is 2. The van der Waals surface area contributed by atoms with E-state index in [2.05, 4.69) is 0 Å². The second-order valence-corrected chi connectivity index (χ2v) is 7.56.